The molecule has 0 spiro atoms. The summed E-state index contributed by atoms with van der Waals surface area (Å²) < 4.78 is 20.1. The molecule has 0 saturated heterocycles. The zero-order valence-corrected chi connectivity index (χ0v) is 24.4. The summed E-state index contributed by atoms with van der Waals surface area (Å²) in [5, 5.41) is 5.35. The first kappa shape index (κ1) is 33.1. The molecule has 0 aliphatic rings. The molecule has 0 aliphatic carbocycles. The van der Waals surface area contributed by atoms with Crippen LogP contribution in [0.2, 0.25) is 0 Å². The van der Waals surface area contributed by atoms with Gasteiger partial charge in [0.25, 0.3) is 0 Å². The Balaban J connectivity index is 2.84. The molecule has 0 aromatic heterocycles. The molecular weight excluding hydrogens is 512 g/mol. The Morgan fingerprint density at radius 3 is 1.97 bits per heavy atom. The van der Waals surface area contributed by atoms with Gasteiger partial charge in [0.1, 0.15) is 23.4 Å². The van der Waals surface area contributed by atoms with Crippen LogP contribution in [0.3, 0.4) is 0 Å². The number of ether oxygens (including phenoxy) is 4. The predicted octanol–water partition coefficient (Wildman–Crippen LogP) is 3.67. The van der Waals surface area contributed by atoms with Gasteiger partial charge in [0.15, 0.2) is 0 Å². The van der Waals surface area contributed by atoms with E-state index in [4.69, 9.17) is 18.9 Å². The smallest absolute Gasteiger partial charge is 0.408 e. The number of amides is 2. The molecule has 0 heterocycles. The topological polar surface area (TPSA) is 129 Å². The van der Waals surface area contributed by atoms with E-state index in [0.717, 1.165) is 5.56 Å². The number of alkyl carbamates (subject to hydrolysis) is 1. The van der Waals surface area contributed by atoms with E-state index in [-0.39, 0.29) is 24.0 Å². The van der Waals surface area contributed by atoms with E-state index in [0.29, 0.717) is 17.9 Å². The van der Waals surface area contributed by atoms with E-state index in [9.17, 15) is 19.2 Å². The highest BCUT2D eigenvalue weighted by atomic mass is 32.2. The summed E-state index contributed by atoms with van der Waals surface area (Å²) in [5.74, 6) is -0.369. The lowest BCUT2D eigenvalue weighted by Crippen LogP contribution is -2.46. The summed E-state index contributed by atoms with van der Waals surface area (Å²) in [6, 6.07) is 5.48. The van der Waals surface area contributed by atoms with E-state index < -0.39 is 41.6 Å². The molecule has 2 amide bonds. The maximum absolute atomic E-state index is 13.3. The van der Waals surface area contributed by atoms with Crippen LogP contribution in [0.15, 0.2) is 24.3 Å². The van der Waals surface area contributed by atoms with Crippen molar-refractivity contribution in [3.05, 3.63) is 29.8 Å². The van der Waals surface area contributed by atoms with Crippen molar-refractivity contribution in [2.45, 2.75) is 71.1 Å². The molecule has 0 fully saturated rings. The minimum atomic E-state index is -0.918. The molecule has 1 aromatic carbocycles. The van der Waals surface area contributed by atoms with E-state index in [1.807, 2.05) is 26.0 Å². The maximum atomic E-state index is 13.3. The molecule has 0 bridgehead atoms. The Labute approximate surface area is 229 Å². The lowest BCUT2D eigenvalue weighted by molar-refractivity contribution is -0.144. The Morgan fingerprint density at radius 2 is 1.47 bits per heavy atom. The summed E-state index contributed by atoms with van der Waals surface area (Å²) in [5.41, 5.74) is 0.104. The van der Waals surface area contributed by atoms with Crippen LogP contribution in [0.25, 0.3) is 0 Å². The molecular formula is C27H42N2O8S. The van der Waals surface area contributed by atoms with Gasteiger partial charge in [0, 0.05) is 5.75 Å². The van der Waals surface area contributed by atoms with Gasteiger partial charge in [-0.25, -0.2) is 14.4 Å². The van der Waals surface area contributed by atoms with Crippen LogP contribution >= 0.6 is 11.8 Å². The molecule has 3 atom stereocenters. The number of esters is 2. The third kappa shape index (κ3) is 12.1. The Bertz CT molecular complexity index is 915. The van der Waals surface area contributed by atoms with Crippen molar-refractivity contribution in [3.8, 4) is 5.75 Å². The fourth-order valence-electron chi connectivity index (χ4n) is 3.53. The van der Waals surface area contributed by atoms with Gasteiger partial charge in [-0.2, -0.15) is 11.8 Å². The highest BCUT2D eigenvalue weighted by molar-refractivity contribution is 7.99. The number of methoxy groups -OCH3 is 3. The van der Waals surface area contributed by atoms with Crippen LogP contribution in [0.4, 0.5) is 4.79 Å². The number of carbonyl (C=O) groups is 4. The summed E-state index contributed by atoms with van der Waals surface area (Å²) in [4.78, 5) is 50.0. The normalized spacial score (nSPS) is 13.6. The fourth-order valence-corrected chi connectivity index (χ4v) is 4.55. The van der Waals surface area contributed by atoms with Gasteiger partial charge in [-0.15, -0.1) is 0 Å². The van der Waals surface area contributed by atoms with Crippen LogP contribution in [0, 0.1) is 5.92 Å². The van der Waals surface area contributed by atoms with E-state index in [1.165, 1.54) is 26.0 Å². The Kier molecular flexibility index (Phi) is 14.0. The lowest BCUT2D eigenvalue weighted by Gasteiger charge is -2.24. The van der Waals surface area contributed by atoms with Crippen molar-refractivity contribution in [2.75, 3.05) is 32.8 Å². The number of carbonyl (C=O) groups excluding carboxylic acids is 4. The van der Waals surface area contributed by atoms with Crippen LogP contribution in [0.5, 0.6) is 5.75 Å². The van der Waals surface area contributed by atoms with Crippen molar-refractivity contribution >= 4 is 35.7 Å². The summed E-state index contributed by atoms with van der Waals surface area (Å²) in [6.07, 6.45) is 0.101. The van der Waals surface area contributed by atoms with E-state index in [2.05, 4.69) is 10.6 Å². The van der Waals surface area contributed by atoms with Crippen LogP contribution < -0.4 is 15.4 Å². The number of rotatable bonds is 14. The van der Waals surface area contributed by atoms with E-state index in [1.54, 1.807) is 40.0 Å². The molecule has 2 N–H and O–H groups in total. The van der Waals surface area contributed by atoms with Crippen molar-refractivity contribution in [1.29, 1.82) is 0 Å². The third-order valence-electron chi connectivity index (χ3n) is 5.36. The highest BCUT2D eigenvalue weighted by Crippen LogP contribution is 2.26. The molecule has 10 nitrogen and oxygen atoms in total. The van der Waals surface area contributed by atoms with Gasteiger partial charge in [-0.3, -0.25) is 4.79 Å². The second kappa shape index (κ2) is 16.1. The Hall–Kier alpha value is -2.95. The minimum Gasteiger partial charge on any atom is -0.497 e. The second-order valence-electron chi connectivity index (χ2n) is 10.1. The number of thioether (sulfide) groups is 1. The van der Waals surface area contributed by atoms with Crippen molar-refractivity contribution in [2.24, 2.45) is 5.92 Å². The Morgan fingerprint density at radius 1 is 0.895 bits per heavy atom. The molecule has 1 aromatic rings. The monoisotopic (exact) mass is 554 g/mol. The molecule has 0 radical (unpaired) electrons. The second-order valence-corrected chi connectivity index (χ2v) is 11.3. The minimum absolute atomic E-state index is 0.218. The van der Waals surface area contributed by atoms with Crippen LogP contribution in [0.1, 0.15) is 58.9 Å². The van der Waals surface area contributed by atoms with Gasteiger partial charge in [0.2, 0.25) is 5.91 Å². The first-order valence-corrected chi connectivity index (χ1v) is 13.6. The zero-order chi connectivity index (χ0) is 28.9. The third-order valence-corrected chi connectivity index (χ3v) is 6.45. The SMILES string of the molecule is COC(=O)[C@H](CCSC[C@H](NC(=O)[C@@H](CC(C)C)c1ccc(OC)cc1)C(=O)OC)NC(=O)OC(C)(C)C. The predicted molar refractivity (Wildman–Crippen MR) is 146 cm³/mol. The molecule has 11 heteroatoms. The molecule has 38 heavy (non-hydrogen) atoms. The maximum Gasteiger partial charge on any atom is 0.408 e. The van der Waals surface area contributed by atoms with E-state index >= 15 is 0 Å². The molecule has 1 rings (SSSR count). The average Bonchev–Trinajstić information content (AvgIpc) is 2.86. The van der Waals surface area contributed by atoms with Gasteiger partial charge < -0.3 is 29.6 Å². The molecule has 214 valence electrons. The highest BCUT2D eigenvalue weighted by Gasteiger charge is 2.29. The number of hydrogen-bond donors (Lipinski definition) is 2. The van der Waals surface area contributed by atoms with Gasteiger partial charge in [-0.05, 0) is 63.0 Å². The largest absolute Gasteiger partial charge is 0.497 e. The van der Waals surface area contributed by atoms with Gasteiger partial charge in [-0.1, -0.05) is 26.0 Å². The average molecular weight is 555 g/mol. The van der Waals surface area contributed by atoms with Crippen LogP contribution in [-0.4, -0.2) is 74.5 Å². The van der Waals surface area contributed by atoms with Gasteiger partial charge >= 0.3 is 18.0 Å². The number of nitrogens with one attached hydrogen (secondary N) is 2. The summed E-state index contributed by atoms with van der Waals surface area (Å²) in [7, 11) is 4.07. The lowest BCUT2D eigenvalue weighted by atomic mass is 9.89. The van der Waals surface area contributed by atoms with Crippen molar-refractivity contribution in [1.82, 2.24) is 10.6 Å². The first-order valence-electron chi connectivity index (χ1n) is 12.5. The number of hydrogen-bond acceptors (Lipinski definition) is 9. The number of benzene rings is 1. The molecule has 0 unspecified atom stereocenters. The van der Waals surface area contributed by atoms with Gasteiger partial charge in [0.05, 0.1) is 27.2 Å². The van der Waals surface area contributed by atoms with Crippen molar-refractivity contribution < 1.29 is 38.1 Å². The standard InChI is InChI=1S/C27H42N2O8S/c1-17(2)15-20(18-9-11-19(34-6)12-10-18)23(30)28-22(25(32)36-8)16-38-14-13-21(24(31)35-7)29-26(33)37-27(3,4)5/h9-12,17,20-22H,13-16H2,1-8H3,(H,28,30)(H,29,33)/t20-,21-,22-/m0/s1. The molecule has 0 aliphatic heterocycles. The first-order chi connectivity index (χ1) is 17.8. The quantitative estimate of drug-likeness (QED) is 0.201. The summed E-state index contributed by atoms with van der Waals surface area (Å²) in [6.45, 7) is 9.21. The fraction of sp³-hybridized carbons (Fsp3) is 0.630. The van der Waals surface area contributed by atoms with Crippen LogP contribution in [-0.2, 0) is 28.6 Å². The van der Waals surface area contributed by atoms with Crippen molar-refractivity contribution in [3.63, 3.8) is 0 Å². The zero-order valence-electron chi connectivity index (χ0n) is 23.6. The summed E-state index contributed by atoms with van der Waals surface area (Å²) >= 11 is 1.34. The molecule has 0 saturated carbocycles.